The number of hydrogen-bond donors (Lipinski definition) is 1. The number of benzene rings is 1. The molecule has 0 unspecified atom stereocenters. The number of sulfonamides is 1. The number of hydrogen-bond acceptors (Lipinski definition) is 4. The Kier molecular flexibility index (Phi) is 5.16. The van der Waals surface area contributed by atoms with Gasteiger partial charge < -0.3 is 5.32 Å². The second kappa shape index (κ2) is 7.58. The Bertz CT molecular complexity index is 979. The van der Waals surface area contributed by atoms with Crippen LogP contribution < -0.4 is 5.32 Å². The zero-order valence-corrected chi connectivity index (χ0v) is 16.6. The summed E-state index contributed by atoms with van der Waals surface area (Å²) in [6.07, 6.45) is 7.38. The summed E-state index contributed by atoms with van der Waals surface area (Å²) in [5.41, 5.74) is 1.61. The number of amides is 1. The molecule has 1 N–H and O–H groups in total. The maximum absolute atomic E-state index is 13.0. The van der Waals surface area contributed by atoms with Gasteiger partial charge in [0.2, 0.25) is 15.9 Å². The Morgan fingerprint density at radius 3 is 3.00 bits per heavy atom. The molecule has 1 amide bonds. The molecule has 1 aliphatic carbocycles. The summed E-state index contributed by atoms with van der Waals surface area (Å²) in [5, 5.41) is 4.85. The van der Waals surface area contributed by atoms with E-state index in [1.54, 1.807) is 35.6 Å². The van der Waals surface area contributed by atoms with Crippen molar-refractivity contribution >= 4 is 33.0 Å². The zero-order chi connectivity index (χ0) is 18.9. The number of thiophene rings is 1. The molecule has 4 rings (SSSR count). The van der Waals surface area contributed by atoms with Crippen LogP contribution in [0, 0.1) is 5.92 Å². The summed E-state index contributed by atoms with van der Waals surface area (Å²) in [7, 11) is -3.59. The summed E-state index contributed by atoms with van der Waals surface area (Å²) in [5.74, 6) is 0.201. The van der Waals surface area contributed by atoms with Crippen molar-refractivity contribution in [3.63, 3.8) is 0 Å². The maximum atomic E-state index is 13.0. The number of rotatable bonds is 5. The second-order valence-electron chi connectivity index (χ2n) is 7.00. The van der Waals surface area contributed by atoms with Crippen molar-refractivity contribution in [2.75, 3.05) is 11.9 Å². The molecule has 1 aromatic carbocycles. The lowest BCUT2D eigenvalue weighted by Gasteiger charge is -2.26. The monoisotopic (exact) mass is 402 g/mol. The number of nitrogens with zero attached hydrogens (tertiary/aromatic N) is 1. The highest BCUT2D eigenvalue weighted by atomic mass is 32.2. The van der Waals surface area contributed by atoms with E-state index in [-0.39, 0.29) is 16.7 Å². The van der Waals surface area contributed by atoms with Crippen LogP contribution in [0.3, 0.4) is 0 Å². The van der Waals surface area contributed by atoms with Crippen LogP contribution in [-0.2, 0) is 27.8 Å². The fourth-order valence-corrected chi connectivity index (χ4v) is 5.98. The Morgan fingerprint density at radius 1 is 1.30 bits per heavy atom. The lowest BCUT2D eigenvalue weighted by atomic mass is 10.1. The first-order chi connectivity index (χ1) is 13.0. The molecule has 2 aliphatic rings. The molecule has 0 saturated carbocycles. The molecule has 1 aromatic heterocycles. The van der Waals surface area contributed by atoms with Gasteiger partial charge in [0.25, 0.3) is 0 Å². The Hall–Kier alpha value is -1.96. The lowest BCUT2D eigenvalue weighted by molar-refractivity contribution is -0.116. The maximum Gasteiger partial charge on any atom is 0.243 e. The molecule has 2 heterocycles. The molecule has 27 heavy (non-hydrogen) atoms. The fraction of sp³-hybridized carbons (Fsp3) is 0.350. The first-order valence-electron chi connectivity index (χ1n) is 9.14. The summed E-state index contributed by atoms with van der Waals surface area (Å²) < 4.78 is 27.6. The second-order valence-corrected chi connectivity index (χ2v) is 9.94. The minimum atomic E-state index is -3.59. The van der Waals surface area contributed by atoms with Crippen molar-refractivity contribution in [1.29, 1.82) is 0 Å². The third-order valence-corrected chi connectivity index (χ3v) is 7.95. The van der Waals surface area contributed by atoms with Crippen molar-refractivity contribution in [3.05, 3.63) is 58.3 Å². The topological polar surface area (TPSA) is 66.5 Å². The summed E-state index contributed by atoms with van der Waals surface area (Å²) in [6.45, 7) is 0.895. The van der Waals surface area contributed by atoms with Crippen LogP contribution in [0.15, 0.2) is 52.8 Å². The van der Waals surface area contributed by atoms with Crippen LogP contribution in [0.4, 0.5) is 5.69 Å². The van der Waals surface area contributed by atoms with E-state index in [0.29, 0.717) is 25.2 Å². The first kappa shape index (κ1) is 18.4. The van der Waals surface area contributed by atoms with E-state index in [2.05, 4.69) is 17.5 Å². The third-order valence-electron chi connectivity index (χ3n) is 5.09. The van der Waals surface area contributed by atoms with Gasteiger partial charge in [0, 0.05) is 30.1 Å². The predicted molar refractivity (Wildman–Crippen MR) is 107 cm³/mol. The molecule has 2 aromatic rings. The Balaban J connectivity index is 1.48. The molecule has 0 spiro atoms. The van der Waals surface area contributed by atoms with E-state index >= 15 is 0 Å². The fourth-order valence-electron chi connectivity index (χ4n) is 3.63. The Morgan fingerprint density at radius 2 is 2.19 bits per heavy atom. The van der Waals surface area contributed by atoms with Crippen molar-refractivity contribution < 1.29 is 13.2 Å². The molecule has 1 aliphatic heterocycles. The van der Waals surface area contributed by atoms with E-state index < -0.39 is 10.0 Å². The lowest BCUT2D eigenvalue weighted by Crippen LogP contribution is -2.35. The van der Waals surface area contributed by atoms with Gasteiger partial charge in [-0.3, -0.25) is 4.79 Å². The molecule has 142 valence electrons. The minimum Gasteiger partial charge on any atom is -0.326 e. The summed E-state index contributed by atoms with van der Waals surface area (Å²) in [6, 6.07) is 8.55. The molecule has 1 atom stereocenters. The highest BCUT2D eigenvalue weighted by Gasteiger charge is 2.29. The summed E-state index contributed by atoms with van der Waals surface area (Å²) in [4.78, 5) is 13.7. The van der Waals surface area contributed by atoms with E-state index in [9.17, 15) is 13.2 Å². The van der Waals surface area contributed by atoms with Crippen LogP contribution >= 0.6 is 11.3 Å². The molecular weight excluding hydrogens is 380 g/mol. The average Bonchev–Trinajstić information content (AvgIpc) is 3.32. The van der Waals surface area contributed by atoms with Crippen LogP contribution in [0.5, 0.6) is 0 Å². The van der Waals surface area contributed by atoms with E-state index in [4.69, 9.17) is 0 Å². The molecule has 5 nitrogen and oxygen atoms in total. The van der Waals surface area contributed by atoms with Crippen LogP contribution in [0.25, 0.3) is 0 Å². The number of carbonyl (C=O) groups is 1. The zero-order valence-electron chi connectivity index (χ0n) is 14.9. The quantitative estimate of drug-likeness (QED) is 0.774. The summed E-state index contributed by atoms with van der Waals surface area (Å²) >= 11 is 1.68. The molecular formula is C20H22N2O3S2. The predicted octanol–water partition coefficient (Wildman–Crippen LogP) is 3.79. The highest BCUT2D eigenvalue weighted by molar-refractivity contribution is 7.89. The van der Waals surface area contributed by atoms with E-state index in [1.807, 2.05) is 11.4 Å². The number of carbonyl (C=O) groups excluding carboxylic acids is 1. The van der Waals surface area contributed by atoms with Crippen LogP contribution in [0.1, 0.15) is 29.7 Å². The molecule has 0 bridgehead atoms. The SMILES string of the molecule is O=C(C[C@@H]1C=CCC1)Nc1cccc(S(=O)(=O)N2CCc3sccc3C2)c1. The number of anilines is 1. The number of nitrogens with one attached hydrogen (secondary N) is 1. The van der Waals surface area contributed by atoms with Gasteiger partial charge in [-0.05, 0) is 60.4 Å². The normalized spacial score (nSPS) is 19.8. The standard InChI is InChI=1S/C20H22N2O3S2/c23-20(12-15-4-1-2-5-15)21-17-6-3-7-18(13-17)27(24,25)22-10-8-19-16(14-22)9-11-26-19/h1,3-4,6-7,9,11,13,15H,2,5,8,10,12,14H2,(H,21,23)/t15-/m1/s1. The third kappa shape index (κ3) is 4.00. The van der Waals surface area contributed by atoms with Gasteiger partial charge >= 0.3 is 0 Å². The van der Waals surface area contributed by atoms with Gasteiger partial charge in [0.05, 0.1) is 4.90 Å². The van der Waals surface area contributed by atoms with Crippen molar-refractivity contribution in [2.24, 2.45) is 5.92 Å². The Labute approximate surface area is 163 Å². The number of allylic oxidation sites excluding steroid dienone is 2. The number of fused-ring (bicyclic) bond motifs is 1. The van der Waals surface area contributed by atoms with Crippen LogP contribution in [-0.4, -0.2) is 25.2 Å². The van der Waals surface area contributed by atoms with Crippen molar-refractivity contribution in [2.45, 2.75) is 37.1 Å². The smallest absolute Gasteiger partial charge is 0.243 e. The van der Waals surface area contributed by atoms with Gasteiger partial charge in [-0.25, -0.2) is 8.42 Å². The molecule has 7 heteroatoms. The van der Waals surface area contributed by atoms with E-state index in [0.717, 1.165) is 24.8 Å². The van der Waals surface area contributed by atoms with Gasteiger partial charge in [-0.1, -0.05) is 18.2 Å². The highest BCUT2D eigenvalue weighted by Crippen LogP contribution is 2.29. The molecule has 0 saturated heterocycles. The molecule has 0 fully saturated rings. The van der Waals surface area contributed by atoms with Gasteiger partial charge in [-0.2, -0.15) is 4.31 Å². The molecule has 0 radical (unpaired) electrons. The van der Waals surface area contributed by atoms with Crippen LogP contribution in [0.2, 0.25) is 0 Å². The minimum absolute atomic E-state index is 0.0815. The first-order valence-corrected chi connectivity index (χ1v) is 11.5. The largest absolute Gasteiger partial charge is 0.326 e. The average molecular weight is 403 g/mol. The van der Waals surface area contributed by atoms with Gasteiger partial charge in [0.1, 0.15) is 0 Å². The van der Waals surface area contributed by atoms with Gasteiger partial charge in [0.15, 0.2) is 0 Å². The van der Waals surface area contributed by atoms with Gasteiger partial charge in [-0.15, -0.1) is 11.3 Å². The van der Waals surface area contributed by atoms with Crippen molar-refractivity contribution in [3.8, 4) is 0 Å². The van der Waals surface area contributed by atoms with E-state index in [1.165, 1.54) is 9.18 Å². The van der Waals surface area contributed by atoms with Crippen molar-refractivity contribution in [1.82, 2.24) is 4.31 Å².